The lowest BCUT2D eigenvalue weighted by Crippen LogP contribution is -2.40. The third-order valence-corrected chi connectivity index (χ3v) is 9.51. The Bertz CT molecular complexity index is 706. The zero-order valence-corrected chi connectivity index (χ0v) is 18.5. The van der Waals surface area contributed by atoms with Crippen LogP contribution in [0.2, 0.25) is 18.1 Å². The Morgan fingerprint density at radius 2 is 1.86 bits per heavy atom. The summed E-state index contributed by atoms with van der Waals surface area (Å²) in [5.41, 5.74) is 0.408. The first-order valence-electron chi connectivity index (χ1n) is 9.34. The van der Waals surface area contributed by atoms with Gasteiger partial charge in [0.2, 0.25) is 0 Å². The molecule has 0 fully saturated rings. The molecule has 0 aliphatic carbocycles. The SMILES string of the molecule is CCOC(=O)/C(=C/CCO[Si](C)(C)C(C)(C)C)C(O)c1ccc([N+](=O)[O-])cc1. The van der Waals surface area contributed by atoms with Gasteiger partial charge in [0.15, 0.2) is 8.32 Å². The van der Waals surface area contributed by atoms with Gasteiger partial charge in [-0.25, -0.2) is 4.79 Å². The summed E-state index contributed by atoms with van der Waals surface area (Å²) in [5, 5.41) is 21.5. The van der Waals surface area contributed by atoms with E-state index in [1.807, 2.05) is 0 Å². The lowest BCUT2D eigenvalue weighted by Gasteiger charge is -2.36. The number of nitro groups is 1. The third kappa shape index (κ3) is 6.54. The van der Waals surface area contributed by atoms with E-state index < -0.39 is 25.3 Å². The molecule has 0 amide bonds. The summed E-state index contributed by atoms with van der Waals surface area (Å²) < 4.78 is 11.2. The molecule has 0 saturated heterocycles. The van der Waals surface area contributed by atoms with Crippen molar-refractivity contribution in [2.24, 2.45) is 0 Å². The van der Waals surface area contributed by atoms with Crippen LogP contribution in [-0.4, -0.2) is 37.5 Å². The highest BCUT2D eigenvalue weighted by atomic mass is 28.4. The van der Waals surface area contributed by atoms with E-state index in [1.54, 1.807) is 13.0 Å². The summed E-state index contributed by atoms with van der Waals surface area (Å²) >= 11 is 0. The van der Waals surface area contributed by atoms with Crippen molar-refractivity contribution in [3.63, 3.8) is 0 Å². The Morgan fingerprint density at radius 1 is 1.29 bits per heavy atom. The first kappa shape index (κ1) is 24.0. The normalized spacial score (nSPS) is 13.9. The van der Waals surface area contributed by atoms with Gasteiger partial charge < -0.3 is 14.3 Å². The largest absolute Gasteiger partial charge is 0.463 e. The summed E-state index contributed by atoms with van der Waals surface area (Å²) in [6, 6.07) is 5.45. The van der Waals surface area contributed by atoms with Crippen molar-refractivity contribution in [2.75, 3.05) is 13.2 Å². The molecular weight excluding hydrogens is 378 g/mol. The van der Waals surface area contributed by atoms with Crippen molar-refractivity contribution in [3.8, 4) is 0 Å². The molecule has 1 aromatic rings. The number of carbonyl (C=O) groups excluding carboxylic acids is 1. The molecule has 0 aliphatic rings. The average Bonchev–Trinajstić information content (AvgIpc) is 2.60. The zero-order chi connectivity index (χ0) is 21.5. The number of hydrogen-bond acceptors (Lipinski definition) is 6. The van der Waals surface area contributed by atoms with Crippen LogP contribution in [0.3, 0.4) is 0 Å². The number of esters is 1. The maximum absolute atomic E-state index is 12.3. The third-order valence-electron chi connectivity index (χ3n) is 4.98. The molecule has 0 saturated carbocycles. The Morgan fingerprint density at radius 3 is 2.32 bits per heavy atom. The molecule has 0 spiro atoms. The van der Waals surface area contributed by atoms with Crippen molar-refractivity contribution in [1.29, 1.82) is 0 Å². The van der Waals surface area contributed by atoms with Gasteiger partial charge in [0, 0.05) is 18.7 Å². The molecule has 1 aromatic carbocycles. The molecule has 1 unspecified atom stereocenters. The highest BCUT2D eigenvalue weighted by Crippen LogP contribution is 2.36. The molecule has 28 heavy (non-hydrogen) atoms. The number of rotatable bonds is 9. The van der Waals surface area contributed by atoms with Crippen LogP contribution in [0.1, 0.15) is 45.8 Å². The minimum atomic E-state index is -1.90. The first-order chi connectivity index (χ1) is 12.9. The number of ether oxygens (including phenoxy) is 1. The van der Waals surface area contributed by atoms with E-state index >= 15 is 0 Å². The molecule has 156 valence electrons. The van der Waals surface area contributed by atoms with Crippen molar-refractivity contribution < 1.29 is 24.0 Å². The fraction of sp³-hybridized carbons (Fsp3) is 0.550. The molecule has 8 heteroatoms. The maximum Gasteiger partial charge on any atom is 0.336 e. The number of nitrogens with zero attached hydrogens (tertiary/aromatic N) is 1. The summed E-state index contributed by atoms with van der Waals surface area (Å²) in [7, 11) is -1.90. The second kappa shape index (κ2) is 9.95. The van der Waals surface area contributed by atoms with Gasteiger partial charge in [-0.15, -0.1) is 0 Å². The highest BCUT2D eigenvalue weighted by Gasteiger charge is 2.36. The van der Waals surface area contributed by atoms with E-state index in [1.165, 1.54) is 24.3 Å². The van der Waals surface area contributed by atoms with Crippen molar-refractivity contribution >= 4 is 20.0 Å². The molecule has 7 nitrogen and oxygen atoms in total. The molecule has 0 heterocycles. The highest BCUT2D eigenvalue weighted by molar-refractivity contribution is 6.74. The molecular formula is C20H31NO6Si. The standard InChI is InChI=1S/C20H31NO6Si/c1-7-26-19(23)17(9-8-14-27-28(5,6)20(2,3)4)18(22)15-10-12-16(13-11-15)21(24)25/h9-13,18,22H,7-8,14H2,1-6H3/b17-9+. The second-order valence-electron chi connectivity index (χ2n) is 8.03. The smallest absolute Gasteiger partial charge is 0.336 e. The quantitative estimate of drug-likeness (QED) is 0.161. The Labute approximate surface area is 167 Å². The number of aliphatic hydroxyl groups excluding tert-OH is 1. The predicted octanol–water partition coefficient (Wildman–Crippen LogP) is 4.53. The van der Waals surface area contributed by atoms with Gasteiger partial charge >= 0.3 is 5.97 Å². The van der Waals surface area contributed by atoms with Gasteiger partial charge in [0.1, 0.15) is 6.10 Å². The van der Waals surface area contributed by atoms with E-state index in [-0.39, 0.29) is 22.9 Å². The van der Waals surface area contributed by atoms with Gasteiger partial charge in [-0.05, 0) is 49.2 Å². The topological polar surface area (TPSA) is 98.9 Å². The number of hydrogen-bond donors (Lipinski definition) is 1. The number of carbonyl (C=O) groups is 1. The van der Waals surface area contributed by atoms with E-state index in [9.17, 15) is 20.0 Å². The molecule has 0 radical (unpaired) electrons. The van der Waals surface area contributed by atoms with E-state index in [0.29, 0.717) is 18.6 Å². The van der Waals surface area contributed by atoms with Crippen LogP contribution in [0.15, 0.2) is 35.9 Å². The number of non-ortho nitro benzene ring substituents is 1. The Hall–Kier alpha value is -2.03. The number of aliphatic hydroxyl groups is 1. The van der Waals surface area contributed by atoms with E-state index in [0.717, 1.165) is 0 Å². The van der Waals surface area contributed by atoms with Crippen LogP contribution >= 0.6 is 0 Å². The maximum atomic E-state index is 12.3. The van der Waals surface area contributed by atoms with Crippen LogP contribution in [0.5, 0.6) is 0 Å². The molecule has 1 atom stereocenters. The predicted molar refractivity (Wildman–Crippen MR) is 111 cm³/mol. The Kier molecular flexibility index (Phi) is 8.53. The average molecular weight is 410 g/mol. The van der Waals surface area contributed by atoms with Crippen LogP contribution in [0.4, 0.5) is 5.69 Å². The van der Waals surface area contributed by atoms with E-state index in [2.05, 4.69) is 33.9 Å². The Balaban J connectivity index is 2.94. The minimum absolute atomic E-state index is 0.0823. The molecule has 1 rings (SSSR count). The van der Waals surface area contributed by atoms with Crippen LogP contribution in [-0.2, 0) is 14.0 Å². The molecule has 0 aliphatic heterocycles. The fourth-order valence-corrected chi connectivity index (χ4v) is 3.29. The number of benzene rings is 1. The summed E-state index contributed by atoms with van der Waals surface area (Å²) in [6.45, 7) is 13.1. The van der Waals surface area contributed by atoms with E-state index in [4.69, 9.17) is 9.16 Å². The van der Waals surface area contributed by atoms with Gasteiger partial charge in [-0.2, -0.15) is 0 Å². The van der Waals surface area contributed by atoms with Crippen molar-refractivity contribution in [1.82, 2.24) is 0 Å². The lowest BCUT2D eigenvalue weighted by atomic mass is 10.0. The molecule has 0 bridgehead atoms. The van der Waals surface area contributed by atoms with Crippen molar-refractivity contribution in [2.45, 2.75) is 58.4 Å². The van der Waals surface area contributed by atoms with Gasteiger partial charge in [-0.1, -0.05) is 26.8 Å². The fourth-order valence-electron chi connectivity index (χ4n) is 2.22. The van der Waals surface area contributed by atoms with Gasteiger partial charge in [0.25, 0.3) is 5.69 Å². The van der Waals surface area contributed by atoms with Gasteiger partial charge in [0.05, 0.1) is 17.1 Å². The monoisotopic (exact) mass is 409 g/mol. The summed E-state index contributed by atoms with van der Waals surface area (Å²) in [4.78, 5) is 22.6. The summed E-state index contributed by atoms with van der Waals surface area (Å²) in [5.74, 6) is -0.610. The molecule has 0 aromatic heterocycles. The van der Waals surface area contributed by atoms with Crippen LogP contribution < -0.4 is 0 Å². The van der Waals surface area contributed by atoms with Crippen LogP contribution in [0.25, 0.3) is 0 Å². The molecule has 1 N–H and O–H groups in total. The van der Waals surface area contributed by atoms with Crippen LogP contribution in [0, 0.1) is 10.1 Å². The summed E-state index contributed by atoms with van der Waals surface area (Å²) in [6.07, 6.45) is 0.842. The van der Waals surface area contributed by atoms with Crippen molar-refractivity contribution in [3.05, 3.63) is 51.6 Å². The van der Waals surface area contributed by atoms with Gasteiger partial charge in [-0.3, -0.25) is 10.1 Å². The second-order valence-corrected chi connectivity index (χ2v) is 12.8. The lowest BCUT2D eigenvalue weighted by molar-refractivity contribution is -0.384. The number of nitro benzene ring substituents is 1. The minimum Gasteiger partial charge on any atom is -0.463 e. The first-order valence-corrected chi connectivity index (χ1v) is 12.2. The zero-order valence-electron chi connectivity index (χ0n) is 17.5.